The summed E-state index contributed by atoms with van der Waals surface area (Å²) in [5.74, 6) is 1.72. The Bertz CT molecular complexity index is 300. The van der Waals surface area contributed by atoms with Crippen molar-refractivity contribution in [2.75, 3.05) is 20.4 Å². The Kier molecular flexibility index (Phi) is 4.98. The highest BCUT2D eigenvalue weighted by atomic mass is 16.7. The topological polar surface area (TPSA) is 30.5 Å². The molecule has 1 N–H and O–H groups in total. The van der Waals surface area contributed by atoms with Gasteiger partial charge in [0.2, 0.25) is 6.79 Å². The van der Waals surface area contributed by atoms with E-state index in [1.54, 1.807) is 0 Å². The minimum atomic E-state index is 0.352. The monoisotopic (exact) mass is 209 g/mol. The van der Waals surface area contributed by atoms with Crippen LogP contribution in [0.5, 0.6) is 11.5 Å². The molecule has 0 radical (unpaired) electrons. The van der Waals surface area contributed by atoms with Crippen LogP contribution in [0.1, 0.15) is 19.4 Å². The highest BCUT2D eigenvalue weighted by Crippen LogP contribution is 2.32. The number of hydrogen-bond donors (Lipinski definition) is 1. The van der Waals surface area contributed by atoms with Gasteiger partial charge in [0.25, 0.3) is 0 Å². The second kappa shape index (κ2) is 6.30. The molecule has 0 bridgehead atoms. The van der Waals surface area contributed by atoms with Crippen molar-refractivity contribution in [2.45, 2.75) is 20.3 Å². The molecule has 1 aromatic carbocycles. The molecule has 84 valence electrons. The van der Waals surface area contributed by atoms with E-state index < -0.39 is 0 Å². The maximum absolute atomic E-state index is 5.28. The Morgan fingerprint density at radius 1 is 1.20 bits per heavy atom. The van der Waals surface area contributed by atoms with E-state index in [9.17, 15) is 0 Å². The number of rotatable bonds is 3. The third-order valence-corrected chi connectivity index (χ3v) is 2.10. The molecule has 1 aliphatic rings. The van der Waals surface area contributed by atoms with Crippen LogP contribution in [0.3, 0.4) is 0 Å². The number of hydrogen-bond acceptors (Lipinski definition) is 3. The Morgan fingerprint density at radius 2 is 1.93 bits per heavy atom. The smallest absolute Gasteiger partial charge is 0.231 e. The first-order chi connectivity index (χ1) is 7.40. The fourth-order valence-corrected chi connectivity index (χ4v) is 1.37. The van der Waals surface area contributed by atoms with Crippen LogP contribution in [-0.2, 0) is 6.42 Å². The zero-order valence-electron chi connectivity index (χ0n) is 9.67. The van der Waals surface area contributed by atoms with Crippen LogP contribution in [0.15, 0.2) is 18.2 Å². The molecule has 0 aliphatic carbocycles. The second-order valence-corrected chi connectivity index (χ2v) is 3.04. The first-order valence-corrected chi connectivity index (χ1v) is 5.43. The number of likely N-dealkylation sites (N-methyl/N-ethyl adjacent to an activating group) is 1. The molecule has 0 fully saturated rings. The summed E-state index contributed by atoms with van der Waals surface area (Å²) in [6.45, 7) is 5.34. The molecule has 3 heteroatoms. The first-order valence-electron chi connectivity index (χ1n) is 5.43. The average Bonchev–Trinajstić information content (AvgIpc) is 2.76. The highest BCUT2D eigenvalue weighted by molar-refractivity contribution is 5.44. The molecule has 15 heavy (non-hydrogen) atoms. The molecule has 0 saturated heterocycles. The van der Waals surface area contributed by atoms with Crippen molar-refractivity contribution in [3.8, 4) is 11.5 Å². The lowest BCUT2D eigenvalue weighted by molar-refractivity contribution is 0.174. The van der Waals surface area contributed by atoms with Crippen molar-refractivity contribution in [1.29, 1.82) is 0 Å². The van der Waals surface area contributed by atoms with Gasteiger partial charge in [-0.25, -0.2) is 0 Å². The lowest BCUT2D eigenvalue weighted by atomic mass is 10.1. The molecule has 1 aromatic rings. The molecule has 2 rings (SSSR count). The Morgan fingerprint density at radius 3 is 2.67 bits per heavy atom. The summed E-state index contributed by atoms with van der Waals surface area (Å²) in [6.07, 6.45) is 1.02. The van der Waals surface area contributed by atoms with Gasteiger partial charge in [-0.1, -0.05) is 19.9 Å². The molecule has 0 unspecified atom stereocenters. The molecule has 0 spiro atoms. The van der Waals surface area contributed by atoms with Crippen molar-refractivity contribution in [2.24, 2.45) is 0 Å². The molecular weight excluding hydrogens is 190 g/mol. The van der Waals surface area contributed by atoms with Gasteiger partial charge in [0.15, 0.2) is 11.5 Å². The molecule has 0 amide bonds. The number of benzene rings is 1. The largest absolute Gasteiger partial charge is 0.454 e. The van der Waals surface area contributed by atoms with Crippen LogP contribution < -0.4 is 14.8 Å². The average molecular weight is 209 g/mol. The minimum absolute atomic E-state index is 0.352. The summed E-state index contributed by atoms with van der Waals surface area (Å²) >= 11 is 0. The fraction of sp³-hybridized carbons (Fsp3) is 0.500. The Balaban J connectivity index is 0.000000531. The van der Waals surface area contributed by atoms with Crippen LogP contribution >= 0.6 is 0 Å². The van der Waals surface area contributed by atoms with Crippen LogP contribution in [0, 0.1) is 0 Å². The molecule has 1 heterocycles. The lowest BCUT2D eigenvalue weighted by Gasteiger charge is -2.01. The van der Waals surface area contributed by atoms with Gasteiger partial charge in [-0.3, -0.25) is 0 Å². The number of nitrogens with one attached hydrogen (secondary N) is 1. The van der Waals surface area contributed by atoms with Crippen molar-refractivity contribution in [3.05, 3.63) is 23.8 Å². The van der Waals surface area contributed by atoms with E-state index in [4.69, 9.17) is 9.47 Å². The Labute approximate surface area is 91.4 Å². The standard InChI is InChI=1S/C10H13NO2.C2H6/c1-11-5-4-8-2-3-9-10(6-8)13-7-12-9;1-2/h2-3,6,11H,4-5,7H2,1H3;1-2H3. The summed E-state index contributed by atoms with van der Waals surface area (Å²) in [7, 11) is 1.95. The summed E-state index contributed by atoms with van der Waals surface area (Å²) in [6, 6.07) is 6.08. The van der Waals surface area contributed by atoms with Gasteiger partial charge in [-0.15, -0.1) is 0 Å². The summed E-state index contributed by atoms with van der Waals surface area (Å²) in [5.41, 5.74) is 1.28. The summed E-state index contributed by atoms with van der Waals surface area (Å²) in [4.78, 5) is 0. The third-order valence-electron chi connectivity index (χ3n) is 2.10. The van der Waals surface area contributed by atoms with Crippen LogP contribution in [0.25, 0.3) is 0 Å². The van der Waals surface area contributed by atoms with E-state index in [2.05, 4.69) is 11.4 Å². The molecule has 0 atom stereocenters. The first kappa shape index (κ1) is 11.9. The van der Waals surface area contributed by atoms with E-state index in [0.717, 1.165) is 24.5 Å². The molecular formula is C12H19NO2. The van der Waals surface area contributed by atoms with Gasteiger partial charge in [-0.2, -0.15) is 0 Å². The normalized spacial score (nSPS) is 11.9. The van der Waals surface area contributed by atoms with E-state index in [1.165, 1.54) is 5.56 Å². The maximum Gasteiger partial charge on any atom is 0.231 e. The molecule has 1 aliphatic heterocycles. The van der Waals surface area contributed by atoms with E-state index >= 15 is 0 Å². The second-order valence-electron chi connectivity index (χ2n) is 3.04. The quantitative estimate of drug-likeness (QED) is 0.828. The van der Waals surface area contributed by atoms with Crippen molar-refractivity contribution >= 4 is 0 Å². The van der Waals surface area contributed by atoms with Gasteiger partial charge in [-0.05, 0) is 37.7 Å². The predicted octanol–water partition coefficient (Wildman–Crippen LogP) is 2.20. The van der Waals surface area contributed by atoms with Gasteiger partial charge >= 0.3 is 0 Å². The minimum Gasteiger partial charge on any atom is -0.454 e. The van der Waals surface area contributed by atoms with Gasteiger partial charge < -0.3 is 14.8 Å². The molecule has 0 aromatic heterocycles. The van der Waals surface area contributed by atoms with E-state index in [1.807, 2.05) is 33.0 Å². The SMILES string of the molecule is CC.CNCCc1ccc2c(c1)OCO2. The van der Waals surface area contributed by atoms with Crippen molar-refractivity contribution in [1.82, 2.24) is 5.32 Å². The lowest BCUT2D eigenvalue weighted by Crippen LogP contribution is -2.10. The summed E-state index contributed by atoms with van der Waals surface area (Å²) < 4.78 is 10.5. The predicted molar refractivity (Wildman–Crippen MR) is 61.5 cm³/mol. The van der Waals surface area contributed by atoms with Crippen molar-refractivity contribution < 1.29 is 9.47 Å². The zero-order valence-corrected chi connectivity index (χ0v) is 9.67. The maximum atomic E-state index is 5.28. The van der Waals surface area contributed by atoms with E-state index in [0.29, 0.717) is 6.79 Å². The number of ether oxygens (including phenoxy) is 2. The highest BCUT2D eigenvalue weighted by Gasteiger charge is 2.12. The van der Waals surface area contributed by atoms with Crippen LogP contribution in [0.4, 0.5) is 0 Å². The van der Waals surface area contributed by atoms with Crippen LogP contribution in [-0.4, -0.2) is 20.4 Å². The van der Waals surface area contributed by atoms with E-state index in [-0.39, 0.29) is 0 Å². The zero-order chi connectivity index (χ0) is 11.1. The molecule has 0 saturated carbocycles. The van der Waals surface area contributed by atoms with Gasteiger partial charge in [0.05, 0.1) is 0 Å². The fourth-order valence-electron chi connectivity index (χ4n) is 1.37. The Hall–Kier alpha value is -1.22. The van der Waals surface area contributed by atoms with Gasteiger partial charge in [0, 0.05) is 0 Å². The third kappa shape index (κ3) is 3.13. The molecule has 3 nitrogen and oxygen atoms in total. The van der Waals surface area contributed by atoms with Gasteiger partial charge in [0.1, 0.15) is 0 Å². The number of fused-ring (bicyclic) bond motifs is 1. The van der Waals surface area contributed by atoms with Crippen molar-refractivity contribution in [3.63, 3.8) is 0 Å². The summed E-state index contributed by atoms with van der Waals surface area (Å²) in [5, 5.41) is 3.11. The van der Waals surface area contributed by atoms with Crippen LogP contribution in [0.2, 0.25) is 0 Å².